The predicted octanol–water partition coefficient (Wildman–Crippen LogP) is 2.15. The number of ether oxygens (including phenoxy) is 1. The molecule has 1 aliphatic heterocycles. The first-order chi connectivity index (χ1) is 10.3. The molecular formula is C17H25N3O2. The minimum Gasteiger partial charge on any atom is -0.459 e. The van der Waals surface area contributed by atoms with E-state index < -0.39 is 5.60 Å². The van der Waals surface area contributed by atoms with Crippen LogP contribution in [-0.2, 0) is 9.53 Å². The molecule has 1 saturated heterocycles. The van der Waals surface area contributed by atoms with Crippen LogP contribution in [0.1, 0.15) is 31.9 Å². The average molecular weight is 303 g/mol. The Hall–Kier alpha value is -1.88. The Morgan fingerprint density at radius 2 is 2.27 bits per heavy atom. The topological polar surface area (TPSA) is 54.5 Å². The maximum atomic E-state index is 12.2. The number of anilines is 1. The Balaban J connectivity index is 2.10. The zero-order chi connectivity index (χ0) is 16.3. The summed E-state index contributed by atoms with van der Waals surface area (Å²) in [7, 11) is 0. The molecule has 2 heterocycles. The molecular weight excluding hydrogens is 278 g/mol. The van der Waals surface area contributed by atoms with Gasteiger partial charge in [0.1, 0.15) is 17.5 Å². The number of aromatic nitrogens is 1. The third-order valence-electron chi connectivity index (χ3n) is 3.47. The van der Waals surface area contributed by atoms with Gasteiger partial charge in [0.15, 0.2) is 0 Å². The van der Waals surface area contributed by atoms with E-state index in [-0.39, 0.29) is 12.0 Å². The number of rotatable bonds is 3. The number of nitrogens with zero attached hydrogens (tertiary/aromatic N) is 2. The number of hydrogen-bond donors (Lipinski definition) is 1. The van der Waals surface area contributed by atoms with Crippen LogP contribution in [0.2, 0.25) is 0 Å². The van der Waals surface area contributed by atoms with Crippen molar-refractivity contribution in [1.29, 1.82) is 0 Å². The number of hydrogen-bond acceptors (Lipinski definition) is 5. The van der Waals surface area contributed by atoms with Crippen LogP contribution in [0.4, 0.5) is 5.82 Å². The van der Waals surface area contributed by atoms with Crippen LogP contribution in [0.15, 0.2) is 18.8 Å². The molecule has 0 saturated carbocycles. The monoisotopic (exact) mass is 303 g/mol. The molecule has 0 radical (unpaired) electrons. The molecule has 1 fully saturated rings. The van der Waals surface area contributed by atoms with E-state index in [9.17, 15) is 4.79 Å². The molecule has 1 unspecified atom stereocenters. The Kier molecular flexibility index (Phi) is 4.86. The van der Waals surface area contributed by atoms with Crippen LogP contribution in [0.3, 0.4) is 0 Å². The number of esters is 1. The molecule has 1 atom stereocenters. The Morgan fingerprint density at radius 3 is 2.86 bits per heavy atom. The molecule has 1 aliphatic rings. The van der Waals surface area contributed by atoms with Gasteiger partial charge in [-0.15, -0.1) is 0 Å². The van der Waals surface area contributed by atoms with E-state index in [1.165, 1.54) is 0 Å². The second-order valence-electron chi connectivity index (χ2n) is 6.60. The van der Waals surface area contributed by atoms with E-state index in [1.54, 1.807) is 12.3 Å². The van der Waals surface area contributed by atoms with Crippen molar-refractivity contribution in [3.05, 3.63) is 30.0 Å². The van der Waals surface area contributed by atoms with Gasteiger partial charge in [-0.2, -0.15) is 0 Å². The first-order valence-corrected chi connectivity index (χ1v) is 7.60. The first kappa shape index (κ1) is 16.5. The van der Waals surface area contributed by atoms with Crippen molar-refractivity contribution in [3.8, 4) is 0 Å². The number of piperazine rings is 1. The predicted molar refractivity (Wildman–Crippen MR) is 88.9 cm³/mol. The molecule has 0 aliphatic carbocycles. The number of pyridine rings is 1. The highest BCUT2D eigenvalue weighted by atomic mass is 16.6. The van der Waals surface area contributed by atoms with E-state index >= 15 is 0 Å². The Bertz CT molecular complexity index is 564. The summed E-state index contributed by atoms with van der Waals surface area (Å²) in [4.78, 5) is 18.9. The summed E-state index contributed by atoms with van der Waals surface area (Å²) in [6.45, 7) is 13.5. The van der Waals surface area contributed by atoms with Crippen molar-refractivity contribution >= 4 is 17.9 Å². The van der Waals surface area contributed by atoms with Crippen molar-refractivity contribution in [2.24, 2.45) is 0 Å². The van der Waals surface area contributed by atoms with Crippen LogP contribution in [-0.4, -0.2) is 42.2 Å². The summed E-state index contributed by atoms with van der Waals surface area (Å²) in [6.07, 6.45) is 3.59. The fourth-order valence-corrected chi connectivity index (χ4v) is 2.51. The van der Waals surface area contributed by atoms with Gasteiger partial charge in [0.2, 0.25) is 0 Å². The van der Waals surface area contributed by atoms with Crippen molar-refractivity contribution in [2.75, 3.05) is 24.5 Å². The third-order valence-corrected chi connectivity index (χ3v) is 3.47. The van der Waals surface area contributed by atoms with E-state index in [0.717, 1.165) is 30.0 Å². The number of aryl methyl sites for hydroxylation is 1. The highest BCUT2D eigenvalue weighted by Gasteiger charge is 2.30. The van der Waals surface area contributed by atoms with Gasteiger partial charge in [-0.25, -0.2) is 4.98 Å². The lowest BCUT2D eigenvalue weighted by Crippen LogP contribution is -2.56. The highest BCUT2D eigenvalue weighted by Crippen LogP contribution is 2.20. The summed E-state index contributed by atoms with van der Waals surface area (Å²) in [6, 6.07) is 1.73. The van der Waals surface area contributed by atoms with Gasteiger partial charge >= 0.3 is 5.97 Å². The van der Waals surface area contributed by atoms with Crippen LogP contribution in [0.5, 0.6) is 0 Å². The second-order valence-corrected chi connectivity index (χ2v) is 6.60. The molecule has 0 amide bonds. The molecule has 1 N–H and O–H groups in total. The normalized spacial score (nSPS) is 18.9. The van der Waals surface area contributed by atoms with E-state index in [4.69, 9.17) is 4.74 Å². The van der Waals surface area contributed by atoms with Crippen molar-refractivity contribution < 1.29 is 9.53 Å². The minimum absolute atomic E-state index is 0.211. The summed E-state index contributed by atoms with van der Waals surface area (Å²) in [5, 5.41) is 3.22. The van der Waals surface area contributed by atoms with E-state index in [2.05, 4.69) is 27.8 Å². The molecule has 0 spiro atoms. The molecule has 2 rings (SSSR count). The molecule has 0 aromatic carbocycles. The van der Waals surface area contributed by atoms with Gasteiger partial charge in [0.25, 0.3) is 0 Å². The lowest BCUT2D eigenvalue weighted by atomic mass is 10.1. The summed E-state index contributed by atoms with van der Waals surface area (Å²) >= 11 is 0. The quantitative estimate of drug-likeness (QED) is 0.867. The van der Waals surface area contributed by atoms with Gasteiger partial charge in [0.05, 0.1) is 0 Å². The minimum atomic E-state index is -0.471. The molecule has 22 heavy (non-hydrogen) atoms. The van der Waals surface area contributed by atoms with E-state index in [0.29, 0.717) is 6.54 Å². The SMILES string of the molecule is C=Cc1cnc(N2CCNC(C(=O)OC(C)(C)C)C2)c(C)c1. The largest absolute Gasteiger partial charge is 0.459 e. The Morgan fingerprint density at radius 1 is 1.55 bits per heavy atom. The summed E-state index contributed by atoms with van der Waals surface area (Å²) in [5.74, 6) is 0.707. The maximum Gasteiger partial charge on any atom is 0.325 e. The summed E-state index contributed by atoms with van der Waals surface area (Å²) < 4.78 is 5.47. The van der Waals surface area contributed by atoms with Gasteiger partial charge in [-0.05, 0) is 44.9 Å². The highest BCUT2D eigenvalue weighted by molar-refractivity contribution is 5.77. The fraction of sp³-hybridized carbons (Fsp3) is 0.529. The molecule has 0 bridgehead atoms. The number of carbonyl (C=O) groups is 1. The number of nitrogens with one attached hydrogen (secondary N) is 1. The molecule has 5 heteroatoms. The molecule has 1 aromatic rings. The van der Waals surface area contributed by atoms with Crippen LogP contribution in [0.25, 0.3) is 6.08 Å². The van der Waals surface area contributed by atoms with Crippen LogP contribution >= 0.6 is 0 Å². The van der Waals surface area contributed by atoms with E-state index in [1.807, 2.05) is 27.7 Å². The number of carbonyl (C=O) groups excluding carboxylic acids is 1. The Labute approximate surface area is 132 Å². The first-order valence-electron chi connectivity index (χ1n) is 7.60. The summed E-state index contributed by atoms with van der Waals surface area (Å²) in [5.41, 5.74) is 1.61. The lowest BCUT2D eigenvalue weighted by molar-refractivity contribution is -0.157. The lowest BCUT2D eigenvalue weighted by Gasteiger charge is -2.35. The van der Waals surface area contributed by atoms with Crippen LogP contribution in [0, 0.1) is 6.92 Å². The molecule has 120 valence electrons. The van der Waals surface area contributed by atoms with Crippen molar-refractivity contribution in [3.63, 3.8) is 0 Å². The zero-order valence-electron chi connectivity index (χ0n) is 13.8. The molecule has 1 aromatic heterocycles. The van der Waals surface area contributed by atoms with Crippen molar-refractivity contribution in [2.45, 2.75) is 39.3 Å². The second kappa shape index (κ2) is 6.48. The standard InChI is InChI=1S/C17H25N3O2/c1-6-13-9-12(2)15(19-10-13)20-8-7-18-14(11-20)16(21)22-17(3,4)5/h6,9-10,14,18H,1,7-8,11H2,2-5H3. The van der Waals surface area contributed by atoms with Crippen molar-refractivity contribution in [1.82, 2.24) is 10.3 Å². The smallest absolute Gasteiger partial charge is 0.325 e. The maximum absolute atomic E-state index is 12.2. The van der Waals surface area contributed by atoms with Gasteiger partial charge in [-0.1, -0.05) is 12.7 Å². The van der Waals surface area contributed by atoms with Gasteiger partial charge in [0, 0.05) is 25.8 Å². The average Bonchev–Trinajstić information content (AvgIpc) is 2.45. The fourth-order valence-electron chi connectivity index (χ4n) is 2.51. The van der Waals surface area contributed by atoms with Crippen LogP contribution < -0.4 is 10.2 Å². The molecule has 5 nitrogen and oxygen atoms in total. The zero-order valence-corrected chi connectivity index (χ0v) is 13.8. The van der Waals surface area contributed by atoms with Gasteiger partial charge in [-0.3, -0.25) is 4.79 Å². The van der Waals surface area contributed by atoms with Gasteiger partial charge < -0.3 is 15.0 Å². The third kappa shape index (κ3) is 4.07.